The van der Waals surface area contributed by atoms with Gasteiger partial charge in [-0.3, -0.25) is 0 Å². The molecule has 0 radical (unpaired) electrons. The Bertz CT molecular complexity index is 1270. The first-order valence-electron chi connectivity index (χ1n) is 11.3. The van der Waals surface area contributed by atoms with Crippen molar-refractivity contribution in [1.29, 1.82) is 0 Å². The normalized spacial score (nSPS) is 10.9. The van der Waals surface area contributed by atoms with Gasteiger partial charge in [0.1, 0.15) is 11.5 Å². The largest absolute Gasteiger partial charge is 0.497 e. The van der Waals surface area contributed by atoms with Crippen molar-refractivity contribution in [2.75, 3.05) is 38.1 Å². The van der Waals surface area contributed by atoms with Crippen molar-refractivity contribution in [3.8, 4) is 11.5 Å². The summed E-state index contributed by atoms with van der Waals surface area (Å²) in [6.07, 6.45) is 0. The van der Waals surface area contributed by atoms with E-state index in [1.807, 2.05) is 24.3 Å². The standard InChI is InChI=1S/C30H28N2O2/c1-31(21-13-17-23(33-3)18-14-21)29-25-9-5-7-11-27(25)30(28-12-8-6-10-26(28)29)32(2)22-15-19-24(34-4)20-16-22/h5-20H,1-4H3. The molecule has 5 aromatic rings. The van der Waals surface area contributed by atoms with Crippen molar-refractivity contribution in [2.45, 2.75) is 0 Å². The molecule has 0 unspecified atom stereocenters. The zero-order valence-corrected chi connectivity index (χ0v) is 19.9. The number of hydrogen-bond acceptors (Lipinski definition) is 4. The maximum atomic E-state index is 5.36. The van der Waals surface area contributed by atoms with E-state index in [9.17, 15) is 0 Å². The molecule has 5 rings (SSSR count). The molecule has 4 nitrogen and oxygen atoms in total. The lowest BCUT2D eigenvalue weighted by Gasteiger charge is -2.29. The highest BCUT2D eigenvalue weighted by Crippen LogP contribution is 2.46. The maximum absolute atomic E-state index is 5.36. The Morgan fingerprint density at radius 1 is 0.441 bits per heavy atom. The van der Waals surface area contributed by atoms with E-state index in [-0.39, 0.29) is 0 Å². The predicted octanol–water partition coefficient (Wildman–Crippen LogP) is 7.55. The molecular formula is C30H28N2O2. The Morgan fingerprint density at radius 3 is 1.00 bits per heavy atom. The molecule has 0 amide bonds. The minimum Gasteiger partial charge on any atom is -0.497 e. The molecule has 0 fully saturated rings. The van der Waals surface area contributed by atoms with Crippen molar-refractivity contribution >= 4 is 44.3 Å². The molecule has 5 aromatic carbocycles. The third-order valence-electron chi connectivity index (χ3n) is 6.46. The van der Waals surface area contributed by atoms with Gasteiger partial charge in [0.05, 0.1) is 25.6 Å². The van der Waals surface area contributed by atoms with Gasteiger partial charge in [0.25, 0.3) is 0 Å². The Balaban J connectivity index is 1.75. The summed E-state index contributed by atoms with van der Waals surface area (Å²) in [5.74, 6) is 1.70. The van der Waals surface area contributed by atoms with Crippen LogP contribution in [-0.4, -0.2) is 28.3 Å². The molecule has 0 heterocycles. The topological polar surface area (TPSA) is 24.9 Å². The third-order valence-corrected chi connectivity index (χ3v) is 6.46. The Kier molecular flexibility index (Phi) is 5.72. The first-order chi connectivity index (χ1) is 16.6. The quantitative estimate of drug-likeness (QED) is 0.198. The first-order valence-corrected chi connectivity index (χ1v) is 11.3. The summed E-state index contributed by atoms with van der Waals surface area (Å²) >= 11 is 0. The van der Waals surface area contributed by atoms with Gasteiger partial charge in [0.2, 0.25) is 0 Å². The number of rotatable bonds is 6. The van der Waals surface area contributed by atoms with Crippen molar-refractivity contribution in [3.63, 3.8) is 0 Å². The molecule has 0 aliphatic rings. The van der Waals surface area contributed by atoms with Crippen molar-refractivity contribution in [1.82, 2.24) is 0 Å². The van der Waals surface area contributed by atoms with E-state index in [0.717, 1.165) is 22.9 Å². The molecule has 0 aromatic heterocycles. The van der Waals surface area contributed by atoms with Crippen LogP contribution in [0.15, 0.2) is 97.1 Å². The summed E-state index contributed by atoms with van der Waals surface area (Å²) in [6, 6.07) is 33.7. The average molecular weight is 449 g/mol. The van der Waals surface area contributed by atoms with E-state index in [1.165, 1.54) is 32.9 Å². The van der Waals surface area contributed by atoms with Crippen molar-refractivity contribution < 1.29 is 9.47 Å². The van der Waals surface area contributed by atoms with Gasteiger partial charge in [0.15, 0.2) is 0 Å². The van der Waals surface area contributed by atoms with Crippen molar-refractivity contribution in [3.05, 3.63) is 97.1 Å². The van der Waals surface area contributed by atoms with Gasteiger partial charge in [0, 0.05) is 47.0 Å². The maximum Gasteiger partial charge on any atom is 0.119 e. The Morgan fingerprint density at radius 2 is 0.735 bits per heavy atom. The first kappa shape index (κ1) is 21.7. The predicted molar refractivity (Wildman–Crippen MR) is 144 cm³/mol. The van der Waals surface area contributed by atoms with Crippen LogP contribution in [0.4, 0.5) is 22.7 Å². The fourth-order valence-corrected chi connectivity index (χ4v) is 4.67. The highest BCUT2D eigenvalue weighted by molar-refractivity contribution is 6.21. The second-order valence-electron chi connectivity index (χ2n) is 8.30. The molecule has 0 aliphatic carbocycles. The summed E-state index contributed by atoms with van der Waals surface area (Å²) in [5.41, 5.74) is 4.58. The van der Waals surface area contributed by atoms with E-state index in [4.69, 9.17) is 9.47 Å². The number of benzene rings is 5. The lowest BCUT2D eigenvalue weighted by molar-refractivity contribution is 0.414. The van der Waals surface area contributed by atoms with E-state index >= 15 is 0 Å². The molecule has 34 heavy (non-hydrogen) atoms. The van der Waals surface area contributed by atoms with Crippen LogP contribution in [0.25, 0.3) is 21.5 Å². The van der Waals surface area contributed by atoms with Gasteiger partial charge < -0.3 is 19.3 Å². The number of fused-ring (bicyclic) bond motifs is 2. The fraction of sp³-hybridized carbons (Fsp3) is 0.133. The molecule has 0 saturated carbocycles. The lowest BCUT2D eigenvalue weighted by Crippen LogP contribution is -2.14. The van der Waals surface area contributed by atoms with Gasteiger partial charge in [-0.2, -0.15) is 0 Å². The molecule has 170 valence electrons. The third kappa shape index (κ3) is 3.67. The number of hydrogen-bond donors (Lipinski definition) is 0. The number of methoxy groups -OCH3 is 2. The molecule has 0 saturated heterocycles. The molecule has 0 bridgehead atoms. The highest BCUT2D eigenvalue weighted by atomic mass is 16.5. The minimum atomic E-state index is 0.850. The van der Waals surface area contributed by atoms with Crippen LogP contribution < -0.4 is 19.3 Å². The van der Waals surface area contributed by atoms with Crippen LogP contribution in [0.3, 0.4) is 0 Å². The molecule has 0 aliphatic heterocycles. The van der Waals surface area contributed by atoms with Crippen molar-refractivity contribution in [2.24, 2.45) is 0 Å². The van der Waals surface area contributed by atoms with E-state index in [1.54, 1.807) is 14.2 Å². The monoisotopic (exact) mass is 448 g/mol. The molecule has 4 heteroatoms. The highest BCUT2D eigenvalue weighted by Gasteiger charge is 2.20. The lowest BCUT2D eigenvalue weighted by atomic mass is 9.96. The van der Waals surface area contributed by atoms with Crippen LogP contribution in [0.2, 0.25) is 0 Å². The van der Waals surface area contributed by atoms with E-state index < -0.39 is 0 Å². The zero-order chi connectivity index (χ0) is 23.7. The molecule has 0 atom stereocenters. The smallest absolute Gasteiger partial charge is 0.119 e. The summed E-state index contributed by atoms with van der Waals surface area (Å²) in [6.45, 7) is 0. The summed E-state index contributed by atoms with van der Waals surface area (Å²) < 4.78 is 10.7. The molecule has 0 N–H and O–H groups in total. The van der Waals surface area contributed by atoms with Crippen LogP contribution in [0, 0.1) is 0 Å². The zero-order valence-electron chi connectivity index (χ0n) is 19.9. The Hall–Kier alpha value is -4.18. The van der Waals surface area contributed by atoms with Crippen LogP contribution >= 0.6 is 0 Å². The van der Waals surface area contributed by atoms with E-state index in [0.29, 0.717) is 0 Å². The second kappa shape index (κ2) is 8.99. The molecule has 0 spiro atoms. The SMILES string of the molecule is COc1ccc(N(C)c2c3ccccc3c(N(C)c3ccc(OC)cc3)c3ccccc23)cc1. The second-order valence-corrected chi connectivity index (χ2v) is 8.30. The fourth-order valence-electron chi connectivity index (χ4n) is 4.67. The minimum absolute atomic E-state index is 0.850. The van der Waals surface area contributed by atoms with Crippen LogP contribution in [-0.2, 0) is 0 Å². The number of nitrogens with zero attached hydrogens (tertiary/aromatic N) is 2. The van der Waals surface area contributed by atoms with Gasteiger partial charge in [-0.15, -0.1) is 0 Å². The van der Waals surface area contributed by atoms with Crippen LogP contribution in [0.1, 0.15) is 0 Å². The van der Waals surface area contributed by atoms with Gasteiger partial charge in [-0.05, 0) is 48.5 Å². The van der Waals surface area contributed by atoms with Gasteiger partial charge >= 0.3 is 0 Å². The average Bonchev–Trinajstić information content (AvgIpc) is 2.91. The molecular weight excluding hydrogens is 420 g/mol. The van der Waals surface area contributed by atoms with E-state index in [2.05, 4.69) is 96.7 Å². The van der Waals surface area contributed by atoms with Gasteiger partial charge in [-0.25, -0.2) is 0 Å². The summed E-state index contributed by atoms with van der Waals surface area (Å²) in [4.78, 5) is 4.53. The van der Waals surface area contributed by atoms with Crippen LogP contribution in [0.5, 0.6) is 11.5 Å². The summed E-state index contributed by atoms with van der Waals surface area (Å²) in [5, 5.41) is 4.81. The number of ether oxygens (including phenoxy) is 2. The number of anilines is 4. The van der Waals surface area contributed by atoms with Gasteiger partial charge in [-0.1, -0.05) is 48.5 Å². The summed E-state index contributed by atoms with van der Waals surface area (Å²) in [7, 11) is 7.64. The Labute approximate surface area is 200 Å².